The second-order valence-corrected chi connectivity index (χ2v) is 10.00. The van der Waals surface area contributed by atoms with Gasteiger partial charge < -0.3 is 15.8 Å². The number of fused-ring (bicyclic) bond motifs is 1. The highest BCUT2D eigenvalue weighted by atomic mass is 35.5. The SMILES string of the molecule is N#Cc1ccc(NC(=O)c2ccc(S(=O)(=O)N3CCc4cc(Cl)ccc43)cc2)c(C(=N)OC(N)=O)c1. The van der Waals surface area contributed by atoms with Crippen molar-refractivity contribution in [3.63, 3.8) is 0 Å². The normalized spacial score (nSPS) is 12.4. The molecule has 12 heteroatoms. The number of nitriles is 1. The van der Waals surface area contributed by atoms with Crippen molar-refractivity contribution in [1.82, 2.24) is 0 Å². The van der Waals surface area contributed by atoms with Crippen LogP contribution in [-0.4, -0.2) is 32.9 Å². The number of primary amides is 1. The van der Waals surface area contributed by atoms with Crippen LogP contribution in [-0.2, 0) is 21.2 Å². The molecule has 3 aromatic rings. The lowest BCUT2D eigenvalue weighted by atomic mass is 10.1. The molecular weight excluding hydrogens is 506 g/mol. The minimum atomic E-state index is -3.86. The van der Waals surface area contributed by atoms with Gasteiger partial charge in [0.05, 0.1) is 33.5 Å². The van der Waals surface area contributed by atoms with Gasteiger partial charge in [-0.1, -0.05) is 11.6 Å². The lowest BCUT2D eigenvalue weighted by Crippen LogP contribution is -2.29. The number of benzene rings is 3. The van der Waals surface area contributed by atoms with Crippen LogP contribution in [0.3, 0.4) is 0 Å². The molecule has 0 aromatic heterocycles. The van der Waals surface area contributed by atoms with Crippen LogP contribution in [0.1, 0.15) is 27.0 Å². The van der Waals surface area contributed by atoms with Crippen LogP contribution in [0, 0.1) is 16.7 Å². The number of halogens is 1. The predicted octanol–water partition coefficient (Wildman–Crippen LogP) is 3.64. The summed E-state index contributed by atoms with van der Waals surface area (Å²) >= 11 is 6.01. The first-order valence-corrected chi connectivity index (χ1v) is 12.2. The second kappa shape index (κ2) is 9.69. The average Bonchev–Trinajstić information content (AvgIpc) is 3.27. The Balaban J connectivity index is 1.56. The van der Waals surface area contributed by atoms with Crippen LogP contribution < -0.4 is 15.4 Å². The highest BCUT2D eigenvalue weighted by Crippen LogP contribution is 2.34. The molecule has 0 radical (unpaired) electrons. The van der Waals surface area contributed by atoms with Crippen LogP contribution in [0.2, 0.25) is 5.02 Å². The molecule has 2 amide bonds. The maximum Gasteiger partial charge on any atom is 0.411 e. The Bertz CT molecular complexity index is 1550. The highest BCUT2D eigenvalue weighted by Gasteiger charge is 2.31. The van der Waals surface area contributed by atoms with Crippen molar-refractivity contribution in [3.05, 3.63) is 87.9 Å². The molecule has 4 rings (SSSR count). The van der Waals surface area contributed by atoms with Gasteiger partial charge in [-0.15, -0.1) is 0 Å². The molecule has 10 nitrogen and oxygen atoms in total. The lowest BCUT2D eigenvalue weighted by molar-refractivity contribution is 0.102. The quantitative estimate of drug-likeness (QED) is 0.341. The molecule has 0 bridgehead atoms. The fraction of sp³-hybridized carbons (Fsp3) is 0.0833. The van der Waals surface area contributed by atoms with Crippen molar-refractivity contribution in [2.24, 2.45) is 5.73 Å². The first kappa shape index (κ1) is 24.7. The lowest BCUT2D eigenvalue weighted by Gasteiger charge is -2.20. The summed E-state index contributed by atoms with van der Waals surface area (Å²) < 4.78 is 32.3. The van der Waals surface area contributed by atoms with Gasteiger partial charge in [0.2, 0.25) is 5.90 Å². The van der Waals surface area contributed by atoms with Gasteiger partial charge >= 0.3 is 6.09 Å². The van der Waals surface area contributed by atoms with Crippen LogP contribution in [0.15, 0.2) is 65.6 Å². The number of ether oxygens (including phenoxy) is 1. The number of carbonyl (C=O) groups excluding carboxylic acids is 2. The number of hydrogen-bond acceptors (Lipinski definition) is 7. The number of nitrogens with two attached hydrogens (primary N) is 1. The van der Waals surface area contributed by atoms with E-state index in [0.29, 0.717) is 17.1 Å². The van der Waals surface area contributed by atoms with Crippen molar-refractivity contribution in [2.45, 2.75) is 11.3 Å². The van der Waals surface area contributed by atoms with E-state index in [1.54, 1.807) is 18.2 Å². The molecular formula is C24H18ClN5O5S. The van der Waals surface area contributed by atoms with Crippen molar-refractivity contribution < 1.29 is 22.7 Å². The Labute approximate surface area is 211 Å². The van der Waals surface area contributed by atoms with E-state index in [1.807, 2.05) is 6.07 Å². The summed E-state index contributed by atoms with van der Waals surface area (Å²) in [5.74, 6) is -1.26. The fourth-order valence-electron chi connectivity index (χ4n) is 3.76. The smallest absolute Gasteiger partial charge is 0.391 e. The van der Waals surface area contributed by atoms with E-state index in [9.17, 15) is 18.0 Å². The monoisotopic (exact) mass is 523 g/mol. The average molecular weight is 524 g/mol. The van der Waals surface area contributed by atoms with E-state index >= 15 is 0 Å². The standard InChI is InChI=1S/C24H18ClN5O5S/c25-17-4-8-21-16(12-17)9-10-30(21)36(33,34)18-5-2-15(3-6-18)23(31)29-20-7-1-14(13-26)11-19(20)22(27)35-24(28)32/h1-8,11-12,27H,9-10H2,(H2,28,32)(H,29,31). The minimum Gasteiger partial charge on any atom is -0.391 e. The van der Waals surface area contributed by atoms with Crippen molar-refractivity contribution in [2.75, 3.05) is 16.2 Å². The summed E-state index contributed by atoms with van der Waals surface area (Å²) in [6.45, 7) is 0.279. The number of amides is 2. The third-order valence-corrected chi connectivity index (χ3v) is 7.51. The molecule has 0 fully saturated rings. The second-order valence-electron chi connectivity index (χ2n) is 7.70. The summed E-state index contributed by atoms with van der Waals surface area (Å²) in [6, 6.07) is 16.4. The van der Waals surface area contributed by atoms with Gasteiger partial charge in [0.25, 0.3) is 15.9 Å². The molecule has 1 aliphatic heterocycles. The third-order valence-electron chi connectivity index (χ3n) is 5.44. The number of carbonyl (C=O) groups is 2. The molecule has 0 unspecified atom stereocenters. The first-order valence-electron chi connectivity index (χ1n) is 10.4. The molecule has 1 aliphatic rings. The summed E-state index contributed by atoms with van der Waals surface area (Å²) in [5, 5.41) is 20.1. The number of anilines is 2. The van der Waals surface area contributed by atoms with Crippen molar-refractivity contribution in [3.8, 4) is 6.07 Å². The summed E-state index contributed by atoms with van der Waals surface area (Å²) in [7, 11) is -3.86. The largest absolute Gasteiger partial charge is 0.411 e. The predicted molar refractivity (Wildman–Crippen MR) is 133 cm³/mol. The molecule has 1 heterocycles. The summed E-state index contributed by atoms with van der Waals surface area (Å²) in [6.07, 6.45) is -0.683. The molecule has 0 spiro atoms. The maximum atomic E-state index is 13.2. The van der Waals surface area contributed by atoms with Crippen LogP contribution in [0.5, 0.6) is 0 Å². The van der Waals surface area contributed by atoms with E-state index in [4.69, 9.17) is 28.0 Å². The van der Waals surface area contributed by atoms with Gasteiger partial charge in [-0.3, -0.25) is 14.5 Å². The maximum absolute atomic E-state index is 13.2. The van der Waals surface area contributed by atoms with Crippen LogP contribution >= 0.6 is 11.6 Å². The Hall–Kier alpha value is -4.40. The number of nitrogens with one attached hydrogen (secondary N) is 2. The van der Waals surface area contributed by atoms with Gasteiger partial charge in [-0.2, -0.15) is 5.26 Å². The molecule has 0 atom stereocenters. The molecule has 0 saturated heterocycles. The number of rotatable bonds is 5. The number of hydrogen-bond donors (Lipinski definition) is 3. The highest BCUT2D eigenvalue weighted by molar-refractivity contribution is 7.92. The Morgan fingerprint density at radius 2 is 1.83 bits per heavy atom. The summed E-state index contributed by atoms with van der Waals surface area (Å²) in [4.78, 5) is 23.9. The van der Waals surface area contributed by atoms with E-state index in [-0.39, 0.29) is 33.8 Å². The van der Waals surface area contributed by atoms with E-state index in [0.717, 1.165) is 5.56 Å². The minimum absolute atomic E-state index is 0.0116. The fourth-order valence-corrected chi connectivity index (χ4v) is 5.45. The zero-order chi connectivity index (χ0) is 26.0. The van der Waals surface area contributed by atoms with E-state index in [2.05, 4.69) is 10.1 Å². The molecule has 4 N–H and O–H groups in total. The van der Waals surface area contributed by atoms with E-state index < -0.39 is 27.9 Å². The molecule has 182 valence electrons. The molecule has 36 heavy (non-hydrogen) atoms. The number of sulfonamides is 1. The van der Waals surface area contributed by atoms with Gasteiger partial charge in [0.15, 0.2) is 0 Å². The van der Waals surface area contributed by atoms with Crippen LogP contribution in [0.25, 0.3) is 0 Å². The van der Waals surface area contributed by atoms with Crippen molar-refractivity contribution >= 4 is 50.9 Å². The van der Waals surface area contributed by atoms with Gasteiger partial charge in [-0.25, -0.2) is 13.2 Å². The number of nitrogens with zero attached hydrogens (tertiary/aromatic N) is 2. The van der Waals surface area contributed by atoms with Crippen LogP contribution in [0.4, 0.5) is 16.2 Å². The first-order chi connectivity index (χ1) is 17.1. The van der Waals surface area contributed by atoms with E-state index in [1.165, 1.54) is 46.8 Å². The zero-order valence-electron chi connectivity index (χ0n) is 18.5. The molecule has 3 aromatic carbocycles. The van der Waals surface area contributed by atoms with Gasteiger partial charge in [-0.05, 0) is 72.6 Å². The topological polar surface area (TPSA) is 166 Å². The molecule has 0 aliphatic carbocycles. The zero-order valence-corrected chi connectivity index (χ0v) is 20.1. The van der Waals surface area contributed by atoms with Gasteiger partial charge in [0, 0.05) is 17.1 Å². The Morgan fingerprint density at radius 3 is 2.50 bits per heavy atom. The summed E-state index contributed by atoms with van der Waals surface area (Å²) in [5.41, 5.74) is 6.73. The van der Waals surface area contributed by atoms with Crippen molar-refractivity contribution in [1.29, 1.82) is 10.7 Å². The Morgan fingerprint density at radius 1 is 1.11 bits per heavy atom. The van der Waals surface area contributed by atoms with Gasteiger partial charge in [0.1, 0.15) is 0 Å². The third kappa shape index (κ3) is 4.86. The molecule has 0 saturated carbocycles. The Kier molecular flexibility index (Phi) is 6.65.